The molecule has 0 radical (unpaired) electrons. The Morgan fingerprint density at radius 3 is 2.94 bits per heavy atom. The average Bonchev–Trinajstić information content (AvgIpc) is 2.81. The summed E-state index contributed by atoms with van der Waals surface area (Å²) in [5.41, 5.74) is -0.474. The third kappa shape index (κ3) is 2.05. The molecule has 1 aliphatic rings. The molecule has 0 unspecified atom stereocenters. The number of rotatable bonds is 4. The van der Waals surface area contributed by atoms with E-state index in [9.17, 15) is 4.39 Å². The van der Waals surface area contributed by atoms with Crippen molar-refractivity contribution in [2.75, 3.05) is 6.67 Å². The van der Waals surface area contributed by atoms with E-state index in [-0.39, 0.29) is 0 Å². The van der Waals surface area contributed by atoms with E-state index in [0.717, 1.165) is 16.5 Å². The molecule has 90 valence electrons. The molecule has 6 nitrogen and oxygen atoms in total. The van der Waals surface area contributed by atoms with Gasteiger partial charge in [0.15, 0.2) is 5.82 Å². The third-order valence-corrected chi connectivity index (χ3v) is 3.35. The number of aromatic nitrogens is 5. The van der Waals surface area contributed by atoms with Gasteiger partial charge in [-0.3, -0.25) is 0 Å². The van der Waals surface area contributed by atoms with Gasteiger partial charge < -0.3 is 4.52 Å². The standard InChI is InChI=1S/C9H9FIN5O/c10-5-9(1-2-9)8-12-7(17-14-8)4-16-3-6(11)13-15-16/h3H,1-2,4-5H2. The Hall–Kier alpha value is -1.06. The Morgan fingerprint density at radius 2 is 2.35 bits per heavy atom. The number of alkyl halides is 1. The highest BCUT2D eigenvalue weighted by Crippen LogP contribution is 2.46. The summed E-state index contributed by atoms with van der Waals surface area (Å²) in [5.74, 6) is 0.908. The van der Waals surface area contributed by atoms with Gasteiger partial charge in [-0.15, -0.1) is 5.10 Å². The molecule has 0 bridgehead atoms. The minimum atomic E-state index is -0.474. The van der Waals surface area contributed by atoms with Gasteiger partial charge in [0.1, 0.15) is 16.9 Å². The Labute approximate surface area is 110 Å². The zero-order chi connectivity index (χ0) is 11.9. The molecule has 0 spiro atoms. The van der Waals surface area contributed by atoms with Crippen LogP contribution in [0.2, 0.25) is 0 Å². The number of hydrogen-bond donors (Lipinski definition) is 0. The van der Waals surface area contributed by atoms with Crippen molar-refractivity contribution in [2.24, 2.45) is 0 Å². The summed E-state index contributed by atoms with van der Waals surface area (Å²) in [6.07, 6.45) is 3.36. The van der Waals surface area contributed by atoms with Gasteiger partial charge in [0, 0.05) is 0 Å². The molecular formula is C9H9FIN5O. The largest absolute Gasteiger partial charge is 0.337 e. The first-order valence-corrected chi connectivity index (χ1v) is 6.24. The van der Waals surface area contributed by atoms with Gasteiger partial charge in [-0.1, -0.05) is 10.4 Å². The Kier molecular flexibility index (Phi) is 2.60. The highest BCUT2D eigenvalue weighted by Gasteiger charge is 2.48. The molecule has 1 aliphatic carbocycles. The molecule has 17 heavy (non-hydrogen) atoms. The average molecular weight is 349 g/mol. The maximum atomic E-state index is 12.8. The summed E-state index contributed by atoms with van der Waals surface area (Å²) in [6, 6.07) is 0. The lowest BCUT2D eigenvalue weighted by Gasteiger charge is -2.01. The lowest BCUT2D eigenvalue weighted by Crippen LogP contribution is -2.11. The summed E-state index contributed by atoms with van der Waals surface area (Å²) >= 11 is 2.07. The summed E-state index contributed by atoms with van der Waals surface area (Å²) in [7, 11) is 0. The van der Waals surface area contributed by atoms with Crippen LogP contribution >= 0.6 is 22.6 Å². The van der Waals surface area contributed by atoms with Crippen LogP contribution in [0.25, 0.3) is 0 Å². The van der Waals surface area contributed by atoms with Gasteiger partial charge in [0.05, 0.1) is 11.6 Å². The predicted molar refractivity (Wildman–Crippen MR) is 63.0 cm³/mol. The highest BCUT2D eigenvalue weighted by atomic mass is 127. The van der Waals surface area contributed by atoms with E-state index in [0.29, 0.717) is 18.3 Å². The molecule has 0 aliphatic heterocycles. The monoisotopic (exact) mass is 349 g/mol. The van der Waals surface area contributed by atoms with Crippen LogP contribution in [-0.4, -0.2) is 31.8 Å². The Balaban J connectivity index is 1.77. The molecule has 1 fully saturated rings. The lowest BCUT2D eigenvalue weighted by molar-refractivity contribution is 0.345. The maximum Gasteiger partial charge on any atom is 0.248 e. The summed E-state index contributed by atoms with van der Waals surface area (Å²) in [6.45, 7) is -0.0570. The number of hydrogen-bond acceptors (Lipinski definition) is 5. The molecule has 0 amide bonds. The van der Waals surface area contributed by atoms with Gasteiger partial charge in [-0.05, 0) is 35.4 Å². The van der Waals surface area contributed by atoms with Crippen LogP contribution in [0.3, 0.4) is 0 Å². The number of halogens is 2. The molecule has 0 saturated heterocycles. The summed E-state index contributed by atoms with van der Waals surface area (Å²) in [4.78, 5) is 4.21. The SMILES string of the molecule is FCC1(c2noc(Cn3cc(I)nn3)n2)CC1. The van der Waals surface area contributed by atoms with Crippen molar-refractivity contribution in [1.82, 2.24) is 25.1 Å². The van der Waals surface area contributed by atoms with E-state index in [2.05, 4.69) is 43.0 Å². The highest BCUT2D eigenvalue weighted by molar-refractivity contribution is 14.1. The van der Waals surface area contributed by atoms with Crippen LogP contribution in [0.15, 0.2) is 10.7 Å². The van der Waals surface area contributed by atoms with Crippen molar-refractivity contribution in [1.29, 1.82) is 0 Å². The first-order chi connectivity index (χ1) is 8.22. The number of nitrogens with zero attached hydrogens (tertiary/aromatic N) is 5. The van der Waals surface area contributed by atoms with Crippen LogP contribution in [0.5, 0.6) is 0 Å². The summed E-state index contributed by atoms with van der Waals surface area (Å²) < 4.78 is 20.3. The first kappa shape index (κ1) is 11.1. The molecule has 2 heterocycles. The maximum absolute atomic E-state index is 12.8. The fraction of sp³-hybridized carbons (Fsp3) is 0.556. The van der Waals surface area contributed by atoms with E-state index in [1.165, 1.54) is 0 Å². The second-order valence-electron chi connectivity index (χ2n) is 4.16. The fourth-order valence-corrected chi connectivity index (χ4v) is 2.01. The molecule has 8 heteroatoms. The zero-order valence-electron chi connectivity index (χ0n) is 8.81. The van der Waals surface area contributed by atoms with Crippen LogP contribution in [-0.2, 0) is 12.0 Å². The van der Waals surface area contributed by atoms with Crippen molar-refractivity contribution in [3.63, 3.8) is 0 Å². The van der Waals surface area contributed by atoms with Gasteiger partial charge in [0.25, 0.3) is 0 Å². The first-order valence-electron chi connectivity index (χ1n) is 5.16. The van der Waals surface area contributed by atoms with Gasteiger partial charge in [-0.2, -0.15) is 4.98 Å². The van der Waals surface area contributed by atoms with E-state index < -0.39 is 12.1 Å². The van der Waals surface area contributed by atoms with Crippen LogP contribution in [0, 0.1) is 3.70 Å². The van der Waals surface area contributed by atoms with Crippen molar-refractivity contribution in [3.05, 3.63) is 21.6 Å². The van der Waals surface area contributed by atoms with Crippen LogP contribution in [0.4, 0.5) is 4.39 Å². The minimum absolute atomic E-state index is 0.366. The molecular weight excluding hydrogens is 340 g/mol. The van der Waals surface area contributed by atoms with Crippen LogP contribution < -0.4 is 0 Å². The predicted octanol–water partition coefficient (Wildman–Crippen LogP) is 1.32. The van der Waals surface area contributed by atoms with Gasteiger partial charge in [0.2, 0.25) is 5.89 Å². The van der Waals surface area contributed by atoms with Crippen molar-refractivity contribution >= 4 is 22.6 Å². The second-order valence-corrected chi connectivity index (χ2v) is 5.27. The van der Waals surface area contributed by atoms with E-state index in [4.69, 9.17) is 4.52 Å². The molecule has 0 atom stereocenters. The van der Waals surface area contributed by atoms with Crippen molar-refractivity contribution < 1.29 is 8.91 Å². The molecule has 0 N–H and O–H groups in total. The molecule has 2 aromatic rings. The molecule has 1 saturated carbocycles. The Bertz CT molecular complexity index is 535. The van der Waals surface area contributed by atoms with Crippen molar-refractivity contribution in [3.8, 4) is 0 Å². The van der Waals surface area contributed by atoms with E-state index >= 15 is 0 Å². The van der Waals surface area contributed by atoms with Crippen molar-refractivity contribution in [2.45, 2.75) is 24.8 Å². The lowest BCUT2D eigenvalue weighted by atomic mass is 10.1. The quantitative estimate of drug-likeness (QED) is 0.779. The third-order valence-electron chi connectivity index (χ3n) is 2.86. The van der Waals surface area contributed by atoms with Crippen LogP contribution in [0.1, 0.15) is 24.6 Å². The summed E-state index contributed by atoms with van der Waals surface area (Å²) in [5, 5.41) is 11.6. The topological polar surface area (TPSA) is 69.6 Å². The van der Waals surface area contributed by atoms with Gasteiger partial charge in [-0.25, -0.2) is 9.07 Å². The zero-order valence-corrected chi connectivity index (χ0v) is 11.0. The molecule has 2 aromatic heterocycles. The molecule has 0 aromatic carbocycles. The van der Waals surface area contributed by atoms with E-state index in [1.807, 2.05) is 0 Å². The second kappa shape index (κ2) is 4.00. The van der Waals surface area contributed by atoms with E-state index in [1.54, 1.807) is 10.9 Å². The smallest absolute Gasteiger partial charge is 0.248 e. The normalized spacial score (nSPS) is 17.3. The minimum Gasteiger partial charge on any atom is -0.337 e. The molecule has 3 rings (SSSR count). The van der Waals surface area contributed by atoms with Gasteiger partial charge >= 0.3 is 0 Å². The fourth-order valence-electron chi connectivity index (χ4n) is 1.59. The Morgan fingerprint density at radius 1 is 1.53 bits per heavy atom.